The lowest BCUT2D eigenvalue weighted by Gasteiger charge is -2.33. The van der Waals surface area contributed by atoms with E-state index in [2.05, 4.69) is 0 Å². The van der Waals surface area contributed by atoms with Crippen molar-refractivity contribution in [2.45, 2.75) is 37.4 Å². The highest BCUT2D eigenvalue weighted by Gasteiger charge is 2.50. The molecule has 1 aromatic rings. The second-order valence-corrected chi connectivity index (χ2v) is 6.31. The number of aliphatic hydroxyl groups excluding tert-OH is 2. The number of ether oxygens (including phenoxy) is 1. The summed E-state index contributed by atoms with van der Waals surface area (Å²) in [6.07, 6.45) is 1.36. The zero-order valence-electron chi connectivity index (χ0n) is 11.1. The van der Waals surface area contributed by atoms with Crippen molar-refractivity contribution >= 4 is 34.7 Å². The molecule has 1 spiro atoms. The van der Waals surface area contributed by atoms with Crippen LogP contribution in [0.5, 0.6) is 0 Å². The molecule has 1 fully saturated rings. The van der Waals surface area contributed by atoms with Crippen molar-refractivity contribution < 1.29 is 19.7 Å². The maximum absolute atomic E-state index is 12.2. The van der Waals surface area contributed by atoms with Gasteiger partial charge in [-0.15, -0.1) is 0 Å². The summed E-state index contributed by atoms with van der Waals surface area (Å²) in [5.41, 5.74) is -0.520. The van der Waals surface area contributed by atoms with Gasteiger partial charge in [0, 0.05) is 10.6 Å². The molecule has 1 aliphatic heterocycles. The van der Waals surface area contributed by atoms with Crippen LogP contribution in [0.25, 0.3) is 5.57 Å². The highest BCUT2D eigenvalue weighted by Crippen LogP contribution is 2.46. The molecule has 2 aliphatic rings. The molecule has 21 heavy (non-hydrogen) atoms. The Kier molecular flexibility index (Phi) is 3.64. The van der Waals surface area contributed by atoms with Crippen LogP contribution in [0.15, 0.2) is 24.0 Å². The first kappa shape index (κ1) is 14.7. The van der Waals surface area contributed by atoms with Crippen LogP contribution in [0.2, 0.25) is 10.0 Å². The first-order valence-corrected chi connectivity index (χ1v) is 7.49. The summed E-state index contributed by atoms with van der Waals surface area (Å²) in [5.74, 6) is -0.684. The van der Waals surface area contributed by atoms with Crippen LogP contribution in [-0.4, -0.2) is 27.9 Å². The van der Waals surface area contributed by atoms with E-state index in [0.29, 0.717) is 36.3 Å². The lowest BCUT2D eigenvalue weighted by molar-refractivity contribution is -0.151. The number of carbonyl (C=O) groups excluding carboxylic acids is 1. The molecule has 0 aromatic heterocycles. The van der Waals surface area contributed by atoms with Gasteiger partial charge in [0.25, 0.3) is 0 Å². The Morgan fingerprint density at radius 3 is 2.52 bits per heavy atom. The average molecular weight is 329 g/mol. The van der Waals surface area contributed by atoms with Crippen LogP contribution in [0.3, 0.4) is 0 Å². The summed E-state index contributed by atoms with van der Waals surface area (Å²) >= 11 is 12.0. The quantitative estimate of drug-likeness (QED) is 0.774. The van der Waals surface area contributed by atoms with Gasteiger partial charge in [0.15, 0.2) is 11.4 Å². The second kappa shape index (κ2) is 5.20. The van der Waals surface area contributed by atoms with Crippen molar-refractivity contribution in [1.29, 1.82) is 0 Å². The van der Waals surface area contributed by atoms with E-state index < -0.39 is 17.7 Å². The van der Waals surface area contributed by atoms with E-state index in [9.17, 15) is 15.0 Å². The number of esters is 1. The Balaban J connectivity index is 2.04. The first-order valence-electron chi connectivity index (χ1n) is 6.73. The SMILES string of the molecule is O=C1OC2(CCC(O)CC2)C(O)=C1c1ccc(Cl)cc1Cl. The number of rotatable bonds is 1. The molecule has 1 saturated carbocycles. The van der Waals surface area contributed by atoms with E-state index in [1.54, 1.807) is 12.1 Å². The van der Waals surface area contributed by atoms with Gasteiger partial charge in [0.1, 0.15) is 5.57 Å². The summed E-state index contributed by atoms with van der Waals surface area (Å²) in [7, 11) is 0. The van der Waals surface area contributed by atoms with Crippen molar-refractivity contribution in [1.82, 2.24) is 0 Å². The van der Waals surface area contributed by atoms with E-state index in [1.807, 2.05) is 0 Å². The molecule has 6 heteroatoms. The van der Waals surface area contributed by atoms with Crippen molar-refractivity contribution in [2.75, 3.05) is 0 Å². The Bertz CT molecular complexity index is 631. The fourth-order valence-corrected chi connectivity index (χ4v) is 3.44. The van der Waals surface area contributed by atoms with Crippen molar-refractivity contribution in [2.24, 2.45) is 0 Å². The predicted octanol–water partition coefficient (Wildman–Crippen LogP) is 3.49. The molecular formula is C15H14Cl2O4. The molecule has 1 aliphatic carbocycles. The van der Waals surface area contributed by atoms with Crippen LogP contribution in [0.4, 0.5) is 0 Å². The Hall–Kier alpha value is -1.23. The zero-order chi connectivity index (χ0) is 15.2. The maximum atomic E-state index is 12.2. The zero-order valence-corrected chi connectivity index (χ0v) is 12.6. The molecule has 0 bridgehead atoms. The molecule has 1 aromatic carbocycles. The fourth-order valence-electron chi connectivity index (χ4n) is 2.94. The lowest BCUT2D eigenvalue weighted by Crippen LogP contribution is -2.38. The molecule has 0 atom stereocenters. The number of benzene rings is 1. The van der Waals surface area contributed by atoms with Crippen LogP contribution >= 0.6 is 23.2 Å². The number of hydrogen-bond acceptors (Lipinski definition) is 4. The van der Waals surface area contributed by atoms with Crippen molar-refractivity contribution in [3.63, 3.8) is 0 Å². The highest BCUT2D eigenvalue weighted by atomic mass is 35.5. The summed E-state index contributed by atoms with van der Waals surface area (Å²) < 4.78 is 5.44. The normalized spacial score (nSPS) is 29.1. The third kappa shape index (κ3) is 2.41. The molecular weight excluding hydrogens is 315 g/mol. The molecule has 0 unspecified atom stereocenters. The molecule has 4 nitrogen and oxygen atoms in total. The summed E-state index contributed by atoms with van der Waals surface area (Å²) in [6.45, 7) is 0. The Morgan fingerprint density at radius 2 is 1.90 bits per heavy atom. The molecule has 0 saturated heterocycles. The van der Waals surface area contributed by atoms with E-state index in [0.717, 1.165) is 0 Å². The molecule has 2 N–H and O–H groups in total. The maximum Gasteiger partial charge on any atom is 0.343 e. The van der Waals surface area contributed by atoms with E-state index >= 15 is 0 Å². The smallest absolute Gasteiger partial charge is 0.343 e. The van der Waals surface area contributed by atoms with E-state index in [4.69, 9.17) is 27.9 Å². The summed E-state index contributed by atoms with van der Waals surface area (Å²) in [4.78, 5) is 12.2. The monoisotopic (exact) mass is 328 g/mol. The summed E-state index contributed by atoms with van der Waals surface area (Å²) in [5, 5.41) is 20.9. The van der Waals surface area contributed by atoms with Gasteiger partial charge in [-0.05, 0) is 37.8 Å². The van der Waals surface area contributed by atoms with E-state index in [1.165, 1.54) is 6.07 Å². The van der Waals surface area contributed by atoms with Crippen LogP contribution in [0.1, 0.15) is 31.2 Å². The molecule has 0 amide bonds. The number of hydrogen-bond donors (Lipinski definition) is 2. The molecule has 3 rings (SSSR count). The minimum atomic E-state index is -1.02. The van der Waals surface area contributed by atoms with E-state index in [-0.39, 0.29) is 16.4 Å². The number of aliphatic hydroxyl groups is 2. The lowest BCUT2D eigenvalue weighted by atomic mass is 9.81. The van der Waals surface area contributed by atoms with Crippen LogP contribution in [-0.2, 0) is 9.53 Å². The number of halogens is 2. The van der Waals surface area contributed by atoms with Gasteiger partial charge in [-0.2, -0.15) is 0 Å². The number of carbonyl (C=O) groups is 1. The third-order valence-corrected chi connectivity index (χ3v) is 4.67. The van der Waals surface area contributed by atoms with Gasteiger partial charge in [-0.25, -0.2) is 4.79 Å². The molecule has 112 valence electrons. The highest BCUT2D eigenvalue weighted by molar-refractivity contribution is 6.37. The first-order chi connectivity index (χ1) is 9.93. The predicted molar refractivity (Wildman–Crippen MR) is 79.3 cm³/mol. The molecule has 0 radical (unpaired) electrons. The topological polar surface area (TPSA) is 66.8 Å². The second-order valence-electron chi connectivity index (χ2n) is 5.46. The molecule has 1 heterocycles. The minimum Gasteiger partial charge on any atom is -0.507 e. The fraction of sp³-hybridized carbons (Fsp3) is 0.400. The van der Waals surface area contributed by atoms with Crippen molar-refractivity contribution in [3.8, 4) is 0 Å². The third-order valence-electron chi connectivity index (χ3n) is 4.12. The largest absolute Gasteiger partial charge is 0.507 e. The average Bonchev–Trinajstić information content (AvgIpc) is 2.66. The van der Waals surface area contributed by atoms with Gasteiger partial charge in [-0.1, -0.05) is 29.3 Å². The van der Waals surface area contributed by atoms with Gasteiger partial charge in [0.05, 0.1) is 11.1 Å². The standard InChI is InChI=1S/C15H14Cl2O4/c16-8-1-2-10(11(17)7-8)12-13(19)15(21-14(12)20)5-3-9(18)4-6-15/h1-2,7,9,18-19H,3-6H2. The Labute approximate surface area is 131 Å². The van der Waals surface area contributed by atoms with Gasteiger partial charge < -0.3 is 14.9 Å². The van der Waals surface area contributed by atoms with Crippen LogP contribution in [0, 0.1) is 0 Å². The Morgan fingerprint density at radius 1 is 1.24 bits per heavy atom. The van der Waals surface area contributed by atoms with Gasteiger partial charge in [-0.3, -0.25) is 0 Å². The van der Waals surface area contributed by atoms with Gasteiger partial charge >= 0.3 is 5.97 Å². The van der Waals surface area contributed by atoms with Crippen LogP contribution < -0.4 is 0 Å². The summed E-state index contributed by atoms with van der Waals surface area (Å²) in [6, 6.07) is 4.71. The van der Waals surface area contributed by atoms with Gasteiger partial charge in [0.2, 0.25) is 0 Å². The minimum absolute atomic E-state index is 0.0908. The van der Waals surface area contributed by atoms with Crippen molar-refractivity contribution in [3.05, 3.63) is 39.6 Å².